The Hall–Kier alpha value is -3.26. The number of hydrogen-bond acceptors (Lipinski definition) is 4. The third-order valence-electron chi connectivity index (χ3n) is 8.21. The number of nitrogens with one attached hydrogen (secondary N) is 1. The van der Waals surface area contributed by atoms with Crippen LogP contribution in [0, 0.1) is 17.7 Å². The number of aliphatic imine (C=N–C) groups is 1. The summed E-state index contributed by atoms with van der Waals surface area (Å²) >= 11 is 5.92. The van der Waals surface area contributed by atoms with Crippen LogP contribution in [0.3, 0.4) is 0 Å². The third kappa shape index (κ3) is 6.22. The van der Waals surface area contributed by atoms with Crippen LogP contribution in [0.1, 0.15) is 93.2 Å². The van der Waals surface area contributed by atoms with E-state index < -0.39 is 17.4 Å². The van der Waals surface area contributed by atoms with E-state index >= 15 is 0 Å². The molecule has 40 heavy (non-hydrogen) atoms. The van der Waals surface area contributed by atoms with Gasteiger partial charge < -0.3 is 15.3 Å². The van der Waals surface area contributed by atoms with Gasteiger partial charge in [0, 0.05) is 17.7 Å². The summed E-state index contributed by atoms with van der Waals surface area (Å²) in [5, 5.41) is 11.4. The average molecular weight is 570 g/mol. The summed E-state index contributed by atoms with van der Waals surface area (Å²) < 4.78 is 14.4. The zero-order valence-electron chi connectivity index (χ0n) is 23.3. The Balaban J connectivity index is 1.67. The van der Waals surface area contributed by atoms with E-state index in [1.54, 1.807) is 18.2 Å². The summed E-state index contributed by atoms with van der Waals surface area (Å²) in [5.74, 6) is -1.05. The molecule has 0 radical (unpaired) electrons. The van der Waals surface area contributed by atoms with Crippen LogP contribution in [-0.2, 0) is 9.59 Å². The van der Waals surface area contributed by atoms with Gasteiger partial charge in [-0.15, -0.1) is 0 Å². The van der Waals surface area contributed by atoms with Crippen LogP contribution in [-0.4, -0.2) is 45.7 Å². The molecule has 7 nitrogen and oxygen atoms in total. The van der Waals surface area contributed by atoms with Gasteiger partial charge in [0.1, 0.15) is 17.2 Å². The van der Waals surface area contributed by atoms with Gasteiger partial charge in [-0.25, -0.2) is 4.39 Å². The standard InChI is InChI=1S/C31H37ClFN3O4/c1-4-5-26(21-6-8-22(9-7-21)29(39)34-17-14-27(37)38)36-30(40)28(23-10-11-24(32)25(33)18-23)35-31(36)15-12-20(13-16-31)19(2)3/h6-11,18-20,26H,4-5,12-17H2,1-3H3,(H,34,39)(H,37,38)/t20?,26-,31?/m1/s1. The largest absolute Gasteiger partial charge is 0.481 e. The maximum absolute atomic E-state index is 14.4. The number of carbonyl (C=O) groups excluding carboxylic acids is 2. The van der Waals surface area contributed by atoms with Crippen molar-refractivity contribution in [2.24, 2.45) is 16.8 Å². The Morgan fingerprint density at radius 1 is 1.18 bits per heavy atom. The Labute approximate surface area is 239 Å². The van der Waals surface area contributed by atoms with E-state index in [4.69, 9.17) is 21.7 Å². The van der Waals surface area contributed by atoms with Crippen molar-refractivity contribution in [1.82, 2.24) is 10.2 Å². The van der Waals surface area contributed by atoms with Crippen molar-refractivity contribution in [3.63, 3.8) is 0 Å². The number of amides is 2. The van der Waals surface area contributed by atoms with Crippen molar-refractivity contribution in [2.45, 2.75) is 77.4 Å². The molecule has 2 aromatic carbocycles. The number of halogens is 2. The molecule has 2 amide bonds. The fraction of sp³-hybridized carbons (Fsp3) is 0.484. The molecular formula is C31H37ClFN3O4. The number of nitrogens with zero attached hydrogens (tertiary/aromatic N) is 2. The fourth-order valence-corrected chi connectivity index (χ4v) is 6.08. The third-order valence-corrected chi connectivity index (χ3v) is 8.52. The summed E-state index contributed by atoms with van der Waals surface area (Å²) in [4.78, 5) is 44.4. The molecule has 1 saturated carbocycles. The molecule has 2 aromatic rings. The highest BCUT2D eigenvalue weighted by Crippen LogP contribution is 2.48. The summed E-state index contributed by atoms with van der Waals surface area (Å²) in [6.45, 7) is 6.56. The number of carboxylic acid groups (broad SMARTS) is 1. The molecule has 4 rings (SSSR count). The molecule has 9 heteroatoms. The molecule has 0 aromatic heterocycles. The van der Waals surface area contributed by atoms with Crippen LogP contribution in [0.5, 0.6) is 0 Å². The summed E-state index contributed by atoms with van der Waals surface area (Å²) in [5.41, 5.74) is 1.26. The second-order valence-corrected chi connectivity index (χ2v) is 11.6. The number of carboxylic acids is 1. The van der Waals surface area contributed by atoms with E-state index in [0.29, 0.717) is 29.4 Å². The van der Waals surface area contributed by atoms with Crippen molar-refractivity contribution >= 4 is 35.1 Å². The van der Waals surface area contributed by atoms with Gasteiger partial charge in [-0.3, -0.25) is 19.4 Å². The molecule has 1 atom stereocenters. The fourth-order valence-electron chi connectivity index (χ4n) is 5.96. The highest BCUT2D eigenvalue weighted by Gasteiger charge is 2.52. The first kappa shape index (κ1) is 29.7. The number of benzene rings is 2. The summed E-state index contributed by atoms with van der Waals surface area (Å²) in [7, 11) is 0. The van der Waals surface area contributed by atoms with Gasteiger partial charge in [0.15, 0.2) is 0 Å². The minimum Gasteiger partial charge on any atom is -0.481 e. The molecule has 2 aliphatic rings. The lowest BCUT2D eigenvalue weighted by atomic mass is 9.76. The van der Waals surface area contributed by atoms with E-state index in [2.05, 4.69) is 26.1 Å². The number of carbonyl (C=O) groups is 3. The van der Waals surface area contributed by atoms with Crippen LogP contribution in [0.2, 0.25) is 5.02 Å². The topological polar surface area (TPSA) is 99.1 Å². The van der Waals surface area contributed by atoms with Crippen LogP contribution in [0.15, 0.2) is 47.5 Å². The van der Waals surface area contributed by atoms with Crippen LogP contribution >= 0.6 is 11.6 Å². The molecule has 1 aliphatic carbocycles. The predicted octanol–water partition coefficient (Wildman–Crippen LogP) is 6.40. The van der Waals surface area contributed by atoms with E-state index in [-0.39, 0.29) is 41.6 Å². The van der Waals surface area contributed by atoms with Crippen molar-refractivity contribution in [3.05, 3.63) is 70.0 Å². The second-order valence-electron chi connectivity index (χ2n) is 11.2. The van der Waals surface area contributed by atoms with Gasteiger partial charge in [-0.2, -0.15) is 0 Å². The lowest BCUT2D eigenvalue weighted by molar-refractivity contribution is -0.137. The van der Waals surface area contributed by atoms with Gasteiger partial charge >= 0.3 is 5.97 Å². The van der Waals surface area contributed by atoms with Gasteiger partial charge in [-0.05, 0) is 73.8 Å². The highest BCUT2D eigenvalue weighted by atomic mass is 35.5. The average Bonchev–Trinajstić information content (AvgIpc) is 3.20. The quantitative estimate of drug-likeness (QED) is 0.346. The van der Waals surface area contributed by atoms with Crippen molar-refractivity contribution in [1.29, 1.82) is 0 Å². The number of rotatable bonds is 10. The SMILES string of the molecule is CCC[C@H](c1ccc(C(=O)NCCC(=O)O)cc1)N1C(=O)C(c2ccc(Cl)c(F)c2)=NC12CCC(C(C)C)CC2. The maximum atomic E-state index is 14.4. The first-order valence-electron chi connectivity index (χ1n) is 14.0. The van der Waals surface area contributed by atoms with E-state index in [0.717, 1.165) is 37.7 Å². The first-order chi connectivity index (χ1) is 19.1. The molecule has 0 saturated heterocycles. The Morgan fingerprint density at radius 2 is 1.85 bits per heavy atom. The van der Waals surface area contributed by atoms with E-state index in [1.165, 1.54) is 12.1 Å². The second kappa shape index (κ2) is 12.5. The zero-order valence-corrected chi connectivity index (χ0v) is 24.0. The van der Waals surface area contributed by atoms with Gasteiger partial charge in [0.05, 0.1) is 17.5 Å². The predicted molar refractivity (Wildman–Crippen MR) is 153 cm³/mol. The van der Waals surface area contributed by atoms with E-state index in [9.17, 15) is 18.8 Å². The number of hydrogen-bond donors (Lipinski definition) is 2. The van der Waals surface area contributed by atoms with Crippen molar-refractivity contribution < 1.29 is 23.9 Å². The monoisotopic (exact) mass is 569 g/mol. The minimum absolute atomic E-state index is 0.00486. The molecule has 1 spiro atoms. The Morgan fingerprint density at radius 3 is 2.42 bits per heavy atom. The molecule has 1 fully saturated rings. The maximum Gasteiger partial charge on any atom is 0.305 e. The first-order valence-corrected chi connectivity index (χ1v) is 14.4. The lowest BCUT2D eigenvalue weighted by Crippen LogP contribution is -2.51. The smallest absolute Gasteiger partial charge is 0.305 e. The summed E-state index contributed by atoms with van der Waals surface area (Å²) in [6, 6.07) is 11.2. The highest BCUT2D eigenvalue weighted by molar-refractivity contribution is 6.47. The van der Waals surface area contributed by atoms with Gasteiger partial charge in [0.2, 0.25) is 0 Å². The van der Waals surface area contributed by atoms with Gasteiger partial charge in [0.25, 0.3) is 11.8 Å². The van der Waals surface area contributed by atoms with E-state index in [1.807, 2.05) is 17.0 Å². The normalized spacial score (nSPS) is 21.6. The lowest BCUT2D eigenvalue weighted by Gasteiger charge is -2.46. The zero-order chi connectivity index (χ0) is 29.0. The van der Waals surface area contributed by atoms with Gasteiger partial charge in [-0.1, -0.05) is 57.0 Å². The summed E-state index contributed by atoms with van der Waals surface area (Å²) in [6.07, 6.45) is 4.71. The minimum atomic E-state index is -0.979. The number of aliphatic carboxylic acids is 1. The molecular weight excluding hydrogens is 533 g/mol. The Bertz CT molecular complexity index is 1290. The molecule has 0 unspecified atom stereocenters. The van der Waals surface area contributed by atoms with Crippen LogP contribution in [0.25, 0.3) is 0 Å². The van der Waals surface area contributed by atoms with Crippen LogP contribution < -0.4 is 5.32 Å². The van der Waals surface area contributed by atoms with Crippen molar-refractivity contribution in [2.75, 3.05) is 6.54 Å². The van der Waals surface area contributed by atoms with Crippen LogP contribution in [0.4, 0.5) is 4.39 Å². The molecule has 0 bridgehead atoms. The molecule has 2 N–H and O–H groups in total. The Kier molecular flexibility index (Phi) is 9.29. The molecule has 214 valence electrons. The molecule has 1 heterocycles. The molecule has 1 aliphatic heterocycles. The van der Waals surface area contributed by atoms with Crippen molar-refractivity contribution in [3.8, 4) is 0 Å².